The Labute approximate surface area is 127 Å². The molecule has 1 aromatic rings. The van der Waals surface area contributed by atoms with E-state index in [1.165, 1.54) is 12.8 Å². The number of carbonyl (C=O) groups is 1. The molecule has 1 saturated heterocycles. The summed E-state index contributed by atoms with van der Waals surface area (Å²) in [4.78, 5) is 14.6. The molecule has 2 rings (SSSR count). The number of nitrogens with one attached hydrogen (secondary N) is 1. The summed E-state index contributed by atoms with van der Waals surface area (Å²) >= 11 is 0. The summed E-state index contributed by atoms with van der Waals surface area (Å²) in [6, 6.07) is 7.45. The summed E-state index contributed by atoms with van der Waals surface area (Å²) < 4.78 is 5.40. The Morgan fingerprint density at radius 1 is 1.43 bits per heavy atom. The third-order valence-corrected chi connectivity index (χ3v) is 4.05. The third kappa shape index (κ3) is 4.46. The molecular weight excluding hydrogens is 264 g/mol. The molecule has 21 heavy (non-hydrogen) atoms. The first-order chi connectivity index (χ1) is 10.1. The number of carbonyl (C=O) groups excluding carboxylic acids is 1. The van der Waals surface area contributed by atoms with E-state index < -0.39 is 0 Å². The topological polar surface area (TPSA) is 41.6 Å². The molecule has 4 heteroatoms. The first kappa shape index (κ1) is 15.8. The number of nitrogens with zero attached hydrogens (tertiary/aromatic N) is 1. The van der Waals surface area contributed by atoms with Crippen LogP contribution in [0.15, 0.2) is 24.3 Å². The van der Waals surface area contributed by atoms with Gasteiger partial charge in [0.05, 0.1) is 12.6 Å². The molecule has 1 amide bonds. The highest BCUT2D eigenvalue weighted by molar-refractivity contribution is 5.94. The fourth-order valence-corrected chi connectivity index (χ4v) is 2.79. The van der Waals surface area contributed by atoms with Crippen LogP contribution in [0.3, 0.4) is 0 Å². The van der Waals surface area contributed by atoms with Crippen molar-refractivity contribution >= 4 is 11.6 Å². The van der Waals surface area contributed by atoms with Gasteiger partial charge in [0.25, 0.3) is 0 Å². The highest BCUT2D eigenvalue weighted by Gasteiger charge is 2.25. The van der Waals surface area contributed by atoms with Crippen molar-refractivity contribution in [3.05, 3.63) is 24.3 Å². The zero-order valence-corrected chi connectivity index (χ0v) is 13.3. The van der Waals surface area contributed by atoms with Gasteiger partial charge in [-0.25, -0.2) is 0 Å². The molecule has 1 aliphatic rings. The lowest BCUT2D eigenvalue weighted by atomic mass is 9.99. The zero-order valence-electron chi connectivity index (χ0n) is 13.3. The lowest BCUT2D eigenvalue weighted by Crippen LogP contribution is -2.46. The van der Waals surface area contributed by atoms with Gasteiger partial charge in [0.1, 0.15) is 5.75 Å². The molecule has 0 radical (unpaired) electrons. The molecule has 1 aliphatic heterocycles. The number of rotatable bonds is 5. The van der Waals surface area contributed by atoms with Gasteiger partial charge in [-0.05, 0) is 63.4 Å². The lowest BCUT2D eigenvalue weighted by molar-refractivity contribution is -0.121. The molecule has 1 N–H and O–H groups in total. The van der Waals surface area contributed by atoms with E-state index >= 15 is 0 Å². The Balaban J connectivity index is 1.90. The standard InChI is InChI=1S/C17H26N2O2/c1-4-21-16-9-7-15(8-10-16)18-17(20)14(3)19-11-5-6-13(2)12-19/h7-10,13-14H,4-6,11-12H2,1-3H3,(H,18,20)/t13-,14-/m0/s1. The van der Waals surface area contributed by atoms with Crippen molar-refractivity contribution in [2.45, 2.75) is 39.7 Å². The molecule has 2 atom stereocenters. The Hall–Kier alpha value is -1.55. The van der Waals surface area contributed by atoms with Crippen LogP contribution in [0, 0.1) is 5.92 Å². The minimum atomic E-state index is -0.0840. The first-order valence-electron chi connectivity index (χ1n) is 7.88. The monoisotopic (exact) mass is 290 g/mol. The van der Waals surface area contributed by atoms with E-state index in [0.29, 0.717) is 12.5 Å². The Kier molecular flexibility index (Phi) is 5.62. The van der Waals surface area contributed by atoms with Gasteiger partial charge in [0, 0.05) is 12.2 Å². The van der Waals surface area contributed by atoms with Crippen LogP contribution in [-0.2, 0) is 4.79 Å². The van der Waals surface area contributed by atoms with Gasteiger partial charge in [0.2, 0.25) is 5.91 Å². The largest absolute Gasteiger partial charge is 0.494 e. The van der Waals surface area contributed by atoms with Crippen LogP contribution < -0.4 is 10.1 Å². The van der Waals surface area contributed by atoms with Crippen LogP contribution >= 0.6 is 0 Å². The Morgan fingerprint density at radius 3 is 2.76 bits per heavy atom. The molecular formula is C17H26N2O2. The summed E-state index contributed by atoms with van der Waals surface area (Å²) in [5.41, 5.74) is 0.820. The Bertz CT molecular complexity index is 458. The van der Waals surface area contributed by atoms with Crippen molar-refractivity contribution in [1.29, 1.82) is 0 Å². The molecule has 0 aliphatic carbocycles. The number of anilines is 1. The average molecular weight is 290 g/mol. The fourth-order valence-electron chi connectivity index (χ4n) is 2.79. The normalized spacial score (nSPS) is 20.8. The fraction of sp³-hybridized carbons (Fsp3) is 0.588. The maximum Gasteiger partial charge on any atom is 0.241 e. The molecule has 0 aromatic heterocycles. The molecule has 1 aromatic carbocycles. The highest BCUT2D eigenvalue weighted by Crippen LogP contribution is 2.19. The van der Waals surface area contributed by atoms with Crippen LogP contribution in [0.2, 0.25) is 0 Å². The van der Waals surface area contributed by atoms with Crippen LogP contribution in [0.4, 0.5) is 5.69 Å². The summed E-state index contributed by atoms with van der Waals surface area (Å²) in [7, 11) is 0. The van der Waals surface area contributed by atoms with Crippen molar-refractivity contribution in [1.82, 2.24) is 4.90 Å². The lowest BCUT2D eigenvalue weighted by Gasteiger charge is -2.34. The molecule has 0 unspecified atom stereocenters. The molecule has 0 bridgehead atoms. The molecule has 4 nitrogen and oxygen atoms in total. The number of likely N-dealkylation sites (tertiary alicyclic amines) is 1. The number of piperidine rings is 1. The number of benzene rings is 1. The second-order valence-electron chi connectivity index (χ2n) is 5.86. The molecule has 116 valence electrons. The smallest absolute Gasteiger partial charge is 0.241 e. The van der Waals surface area contributed by atoms with E-state index in [-0.39, 0.29) is 11.9 Å². The van der Waals surface area contributed by atoms with Crippen molar-refractivity contribution in [3.8, 4) is 5.75 Å². The van der Waals surface area contributed by atoms with Gasteiger partial charge in [-0.2, -0.15) is 0 Å². The first-order valence-corrected chi connectivity index (χ1v) is 7.88. The number of hydrogen-bond acceptors (Lipinski definition) is 3. The quantitative estimate of drug-likeness (QED) is 0.906. The maximum atomic E-state index is 12.3. The minimum absolute atomic E-state index is 0.0632. The summed E-state index contributed by atoms with van der Waals surface area (Å²) in [5.74, 6) is 1.57. The van der Waals surface area contributed by atoms with Crippen LogP contribution in [0.5, 0.6) is 5.75 Å². The van der Waals surface area contributed by atoms with Crippen molar-refractivity contribution in [3.63, 3.8) is 0 Å². The van der Waals surface area contributed by atoms with E-state index in [9.17, 15) is 4.79 Å². The van der Waals surface area contributed by atoms with Crippen LogP contribution in [0.1, 0.15) is 33.6 Å². The Morgan fingerprint density at radius 2 is 2.14 bits per heavy atom. The predicted octanol–water partition coefficient (Wildman–Crippen LogP) is 3.14. The predicted molar refractivity (Wildman–Crippen MR) is 85.7 cm³/mol. The van der Waals surface area contributed by atoms with E-state index in [1.807, 2.05) is 38.1 Å². The van der Waals surface area contributed by atoms with Gasteiger partial charge in [0.15, 0.2) is 0 Å². The van der Waals surface area contributed by atoms with E-state index in [4.69, 9.17) is 4.74 Å². The van der Waals surface area contributed by atoms with Gasteiger partial charge >= 0.3 is 0 Å². The van der Waals surface area contributed by atoms with Crippen molar-refractivity contribution in [2.75, 3.05) is 25.0 Å². The van der Waals surface area contributed by atoms with E-state index in [0.717, 1.165) is 24.5 Å². The zero-order chi connectivity index (χ0) is 15.2. The van der Waals surface area contributed by atoms with Crippen LogP contribution in [0.25, 0.3) is 0 Å². The van der Waals surface area contributed by atoms with Gasteiger partial charge in [-0.15, -0.1) is 0 Å². The summed E-state index contributed by atoms with van der Waals surface area (Å²) in [6.07, 6.45) is 2.45. The number of hydrogen-bond donors (Lipinski definition) is 1. The minimum Gasteiger partial charge on any atom is -0.494 e. The molecule has 1 heterocycles. The number of amides is 1. The second kappa shape index (κ2) is 7.46. The molecule has 0 spiro atoms. The van der Waals surface area contributed by atoms with Gasteiger partial charge in [-0.3, -0.25) is 9.69 Å². The van der Waals surface area contributed by atoms with Crippen LogP contribution in [-0.4, -0.2) is 36.5 Å². The van der Waals surface area contributed by atoms with E-state index in [2.05, 4.69) is 17.1 Å². The third-order valence-electron chi connectivity index (χ3n) is 4.05. The van der Waals surface area contributed by atoms with Gasteiger partial charge < -0.3 is 10.1 Å². The van der Waals surface area contributed by atoms with E-state index in [1.54, 1.807) is 0 Å². The SMILES string of the molecule is CCOc1ccc(NC(=O)[C@H](C)N2CCC[C@H](C)C2)cc1. The summed E-state index contributed by atoms with van der Waals surface area (Å²) in [6.45, 7) is 8.87. The summed E-state index contributed by atoms with van der Waals surface area (Å²) in [5, 5.41) is 2.99. The van der Waals surface area contributed by atoms with Crippen molar-refractivity contribution in [2.24, 2.45) is 5.92 Å². The van der Waals surface area contributed by atoms with Crippen molar-refractivity contribution < 1.29 is 9.53 Å². The maximum absolute atomic E-state index is 12.3. The average Bonchev–Trinajstić information content (AvgIpc) is 2.48. The number of ether oxygens (including phenoxy) is 1. The second-order valence-corrected chi connectivity index (χ2v) is 5.86. The van der Waals surface area contributed by atoms with Gasteiger partial charge in [-0.1, -0.05) is 6.92 Å². The highest BCUT2D eigenvalue weighted by atomic mass is 16.5. The molecule has 1 fully saturated rings. The molecule has 0 saturated carbocycles.